The highest BCUT2D eigenvalue weighted by Gasteiger charge is 2.26. The second-order valence-electron chi connectivity index (χ2n) is 10.0. The highest BCUT2D eigenvalue weighted by molar-refractivity contribution is 7.89. The van der Waals surface area contributed by atoms with Gasteiger partial charge in [-0.15, -0.1) is 0 Å². The van der Waals surface area contributed by atoms with Crippen LogP contribution in [0, 0.1) is 19.8 Å². The molecule has 2 aliphatic heterocycles. The number of piperazine rings is 1. The van der Waals surface area contributed by atoms with Crippen molar-refractivity contribution in [1.29, 1.82) is 0 Å². The number of nitrogens with zero attached hydrogens (tertiary/aromatic N) is 3. The van der Waals surface area contributed by atoms with Crippen LogP contribution >= 0.6 is 0 Å². The van der Waals surface area contributed by atoms with Crippen LogP contribution in [0.2, 0.25) is 0 Å². The standard InChI is InChI=1S/C26H44N4O5S/c1-21-18-24(34-4)19-22(2)26(21)36(32,33)28(3)16-17-35-20-25(31)30-14-12-29(13-15-30)11-5-6-23-7-9-27-10-8-23/h18-19,23,27H,5-17,20H2,1-4H3. The van der Waals surface area contributed by atoms with E-state index in [0.717, 1.165) is 51.7 Å². The summed E-state index contributed by atoms with van der Waals surface area (Å²) < 4.78 is 38.3. The molecule has 0 saturated carbocycles. The first-order valence-electron chi connectivity index (χ1n) is 13.1. The molecule has 1 amide bonds. The first-order chi connectivity index (χ1) is 17.2. The van der Waals surface area contributed by atoms with Gasteiger partial charge in [0.05, 0.1) is 18.6 Å². The van der Waals surface area contributed by atoms with Gasteiger partial charge < -0.3 is 19.7 Å². The van der Waals surface area contributed by atoms with Crippen LogP contribution in [0.1, 0.15) is 36.8 Å². The average molecular weight is 525 g/mol. The van der Waals surface area contributed by atoms with Crippen LogP contribution in [0.15, 0.2) is 17.0 Å². The largest absolute Gasteiger partial charge is 0.497 e. The zero-order valence-corrected chi connectivity index (χ0v) is 23.2. The molecule has 0 unspecified atom stereocenters. The number of sulfonamides is 1. The molecule has 2 heterocycles. The number of likely N-dealkylation sites (N-methyl/N-ethyl adjacent to an activating group) is 1. The third kappa shape index (κ3) is 7.89. The van der Waals surface area contributed by atoms with Gasteiger partial charge in [0.15, 0.2) is 0 Å². The molecule has 36 heavy (non-hydrogen) atoms. The summed E-state index contributed by atoms with van der Waals surface area (Å²) in [7, 11) is -0.579. The molecule has 0 aliphatic carbocycles. The van der Waals surface area contributed by atoms with E-state index in [1.807, 2.05) is 4.90 Å². The number of carbonyl (C=O) groups excluding carboxylic acids is 1. The van der Waals surface area contributed by atoms with Gasteiger partial charge in [0.2, 0.25) is 15.9 Å². The van der Waals surface area contributed by atoms with Crippen LogP contribution in [0.25, 0.3) is 0 Å². The van der Waals surface area contributed by atoms with E-state index in [0.29, 0.717) is 16.9 Å². The Kier molecular flexibility index (Phi) is 11.0. The van der Waals surface area contributed by atoms with Crippen LogP contribution in [-0.4, -0.2) is 108 Å². The predicted molar refractivity (Wildman–Crippen MR) is 141 cm³/mol. The zero-order valence-electron chi connectivity index (χ0n) is 22.4. The van der Waals surface area contributed by atoms with Gasteiger partial charge in [0.25, 0.3) is 0 Å². The van der Waals surface area contributed by atoms with E-state index < -0.39 is 10.0 Å². The van der Waals surface area contributed by atoms with E-state index >= 15 is 0 Å². The van der Waals surface area contributed by atoms with E-state index in [4.69, 9.17) is 9.47 Å². The molecule has 0 radical (unpaired) electrons. The van der Waals surface area contributed by atoms with E-state index in [1.54, 1.807) is 33.1 Å². The lowest BCUT2D eigenvalue weighted by molar-refractivity contribution is -0.137. The number of hydrogen-bond acceptors (Lipinski definition) is 7. The number of aryl methyl sites for hydroxylation is 2. The number of piperidine rings is 1. The Morgan fingerprint density at radius 1 is 1.11 bits per heavy atom. The molecule has 1 aromatic rings. The molecular weight excluding hydrogens is 480 g/mol. The van der Waals surface area contributed by atoms with Gasteiger partial charge in [-0.25, -0.2) is 8.42 Å². The molecule has 1 N–H and O–H groups in total. The minimum Gasteiger partial charge on any atom is -0.497 e. The molecule has 0 aromatic heterocycles. The summed E-state index contributed by atoms with van der Waals surface area (Å²) in [6, 6.07) is 3.44. The molecule has 1 aromatic carbocycles. The van der Waals surface area contributed by atoms with Gasteiger partial charge in [-0.2, -0.15) is 4.31 Å². The monoisotopic (exact) mass is 524 g/mol. The lowest BCUT2D eigenvalue weighted by Gasteiger charge is -2.35. The van der Waals surface area contributed by atoms with Crippen molar-refractivity contribution in [1.82, 2.24) is 19.4 Å². The van der Waals surface area contributed by atoms with E-state index in [9.17, 15) is 13.2 Å². The maximum Gasteiger partial charge on any atom is 0.248 e. The van der Waals surface area contributed by atoms with E-state index in [2.05, 4.69) is 10.2 Å². The SMILES string of the molecule is COc1cc(C)c(S(=O)(=O)N(C)CCOCC(=O)N2CCN(CCCC3CCNCC3)CC2)c(C)c1. The summed E-state index contributed by atoms with van der Waals surface area (Å²) >= 11 is 0. The molecule has 2 fully saturated rings. The van der Waals surface area contributed by atoms with Crippen LogP contribution in [0.4, 0.5) is 0 Å². The highest BCUT2D eigenvalue weighted by atomic mass is 32.2. The van der Waals surface area contributed by atoms with Crippen LogP contribution < -0.4 is 10.1 Å². The predicted octanol–water partition coefficient (Wildman–Crippen LogP) is 1.87. The smallest absolute Gasteiger partial charge is 0.248 e. The maximum absolute atomic E-state index is 13.1. The van der Waals surface area contributed by atoms with Gasteiger partial charge in [-0.05, 0) is 88.3 Å². The van der Waals surface area contributed by atoms with Crippen LogP contribution in [-0.2, 0) is 19.6 Å². The Labute approximate surface area is 217 Å². The van der Waals surface area contributed by atoms with Crippen molar-refractivity contribution in [2.45, 2.75) is 44.4 Å². The Balaban J connectivity index is 1.34. The molecule has 0 spiro atoms. The summed E-state index contributed by atoms with van der Waals surface area (Å²) in [5, 5.41) is 3.42. The lowest BCUT2D eigenvalue weighted by atomic mass is 9.93. The Morgan fingerprint density at radius 2 is 1.75 bits per heavy atom. The molecule has 10 heteroatoms. The molecule has 9 nitrogen and oxygen atoms in total. The Bertz CT molecular complexity index is 934. The summed E-state index contributed by atoms with van der Waals surface area (Å²) in [5.41, 5.74) is 1.28. The number of methoxy groups -OCH3 is 1. The van der Waals surface area contributed by atoms with Crippen molar-refractivity contribution in [2.75, 3.05) is 79.7 Å². The fourth-order valence-electron chi connectivity index (χ4n) is 5.15. The first kappa shape index (κ1) is 28.8. The summed E-state index contributed by atoms with van der Waals surface area (Å²) in [6.07, 6.45) is 5.12. The number of benzene rings is 1. The second kappa shape index (κ2) is 13.7. The minimum atomic E-state index is -3.67. The van der Waals surface area contributed by atoms with Crippen molar-refractivity contribution < 1.29 is 22.7 Å². The van der Waals surface area contributed by atoms with Crippen molar-refractivity contribution in [2.24, 2.45) is 5.92 Å². The Morgan fingerprint density at radius 3 is 2.36 bits per heavy atom. The van der Waals surface area contributed by atoms with Crippen molar-refractivity contribution in [3.05, 3.63) is 23.3 Å². The maximum atomic E-state index is 13.1. The summed E-state index contributed by atoms with van der Waals surface area (Å²) in [6.45, 7) is 10.5. The molecule has 3 rings (SSSR count). The average Bonchev–Trinajstić information content (AvgIpc) is 2.86. The van der Waals surface area contributed by atoms with Crippen molar-refractivity contribution in [3.63, 3.8) is 0 Å². The van der Waals surface area contributed by atoms with E-state index in [-0.39, 0.29) is 30.6 Å². The van der Waals surface area contributed by atoms with Crippen LogP contribution in [0.3, 0.4) is 0 Å². The molecule has 0 atom stereocenters. The van der Waals surface area contributed by atoms with E-state index in [1.165, 1.54) is 37.0 Å². The van der Waals surface area contributed by atoms with Gasteiger partial charge in [-0.1, -0.05) is 0 Å². The van der Waals surface area contributed by atoms with Gasteiger partial charge >= 0.3 is 0 Å². The van der Waals surface area contributed by atoms with Gasteiger partial charge in [-0.3, -0.25) is 9.69 Å². The third-order valence-electron chi connectivity index (χ3n) is 7.38. The molecule has 2 saturated heterocycles. The molecule has 204 valence electrons. The zero-order chi connectivity index (χ0) is 26.1. The van der Waals surface area contributed by atoms with Gasteiger partial charge in [0.1, 0.15) is 12.4 Å². The van der Waals surface area contributed by atoms with Crippen molar-refractivity contribution >= 4 is 15.9 Å². The number of nitrogens with one attached hydrogen (secondary N) is 1. The fourth-order valence-corrected chi connectivity index (χ4v) is 6.71. The second-order valence-corrected chi connectivity index (χ2v) is 12.0. The number of rotatable bonds is 12. The quantitative estimate of drug-likeness (QED) is 0.418. The van der Waals surface area contributed by atoms with Crippen LogP contribution in [0.5, 0.6) is 5.75 Å². The lowest BCUT2D eigenvalue weighted by Crippen LogP contribution is -2.50. The Hall–Kier alpha value is -1.72. The molecular formula is C26H44N4O5S. The summed E-state index contributed by atoms with van der Waals surface area (Å²) in [5.74, 6) is 1.47. The van der Waals surface area contributed by atoms with Crippen molar-refractivity contribution in [3.8, 4) is 5.75 Å². The number of carbonyl (C=O) groups is 1. The number of ether oxygens (including phenoxy) is 2. The molecule has 2 aliphatic rings. The summed E-state index contributed by atoms with van der Waals surface area (Å²) in [4.78, 5) is 17.2. The normalized spacial score (nSPS) is 18.1. The minimum absolute atomic E-state index is 0.0236. The first-order valence-corrected chi connectivity index (χ1v) is 14.6. The molecule has 0 bridgehead atoms. The number of hydrogen-bond donors (Lipinski definition) is 1. The fraction of sp³-hybridized carbons (Fsp3) is 0.731. The van der Waals surface area contributed by atoms with Gasteiger partial charge in [0, 0.05) is 39.8 Å². The topological polar surface area (TPSA) is 91.4 Å². The number of amides is 1. The third-order valence-corrected chi connectivity index (χ3v) is 9.55. The highest BCUT2D eigenvalue weighted by Crippen LogP contribution is 2.27.